The predicted molar refractivity (Wildman–Crippen MR) is 156 cm³/mol. The van der Waals surface area contributed by atoms with E-state index in [4.69, 9.17) is 4.98 Å². The molecular weight excluding hydrogens is 464 g/mol. The van der Waals surface area contributed by atoms with Crippen LogP contribution in [0.5, 0.6) is 0 Å². The highest BCUT2D eigenvalue weighted by Crippen LogP contribution is 2.60. The van der Waals surface area contributed by atoms with Gasteiger partial charge in [-0.2, -0.15) is 0 Å². The molecule has 0 saturated heterocycles. The van der Waals surface area contributed by atoms with Crippen LogP contribution in [-0.4, -0.2) is 9.97 Å². The molecule has 0 amide bonds. The molecule has 0 atom stereocenters. The van der Waals surface area contributed by atoms with Gasteiger partial charge < -0.3 is 4.90 Å². The van der Waals surface area contributed by atoms with Crippen LogP contribution >= 0.6 is 0 Å². The van der Waals surface area contributed by atoms with E-state index in [1.807, 2.05) is 42.9 Å². The van der Waals surface area contributed by atoms with Crippen molar-refractivity contribution in [2.75, 3.05) is 9.80 Å². The number of hydrogen-bond acceptors (Lipinski definition) is 4. The monoisotopic (exact) mass is 494 g/mol. The standard InChI is InChI=1S/C34H30N4/c1-33(2)25-10-5-6-13-29(25)38-30-16-15-24(22-28(30)34(3,4)27-12-9-11-26(33)32(27)38)37(23-17-20-35-21-18-23)31-14-7-8-19-36-31/h5-22H,1-4H3. The number of aromatic nitrogens is 2. The van der Waals surface area contributed by atoms with Gasteiger partial charge in [0, 0.05) is 35.1 Å². The van der Waals surface area contributed by atoms with Crippen molar-refractivity contribution < 1.29 is 0 Å². The molecule has 0 aliphatic carbocycles. The lowest BCUT2D eigenvalue weighted by Gasteiger charge is -2.49. The van der Waals surface area contributed by atoms with E-state index in [1.165, 1.54) is 39.3 Å². The molecule has 4 nitrogen and oxygen atoms in total. The maximum absolute atomic E-state index is 4.71. The van der Waals surface area contributed by atoms with Gasteiger partial charge in [-0.25, -0.2) is 4.98 Å². The van der Waals surface area contributed by atoms with E-state index < -0.39 is 0 Å². The zero-order valence-corrected chi connectivity index (χ0v) is 22.2. The van der Waals surface area contributed by atoms with Crippen LogP contribution < -0.4 is 9.80 Å². The highest BCUT2D eigenvalue weighted by atomic mass is 15.2. The second-order valence-corrected chi connectivity index (χ2v) is 11.2. The quantitative estimate of drug-likeness (QED) is 0.251. The van der Waals surface area contributed by atoms with Crippen molar-refractivity contribution in [1.82, 2.24) is 9.97 Å². The lowest BCUT2D eigenvalue weighted by Crippen LogP contribution is -2.38. The van der Waals surface area contributed by atoms with Gasteiger partial charge in [0.05, 0.1) is 22.7 Å². The average Bonchev–Trinajstić information content (AvgIpc) is 2.94. The first-order valence-electron chi connectivity index (χ1n) is 13.2. The van der Waals surface area contributed by atoms with E-state index in [0.29, 0.717) is 0 Å². The van der Waals surface area contributed by atoms with Gasteiger partial charge in [0.1, 0.15) is 5.82 Å². The zero-order chi connectivity index (χ0) is 26.1. The van der Waals surface area contributed by atoms with Crippen LogP contribution in [0.1, 0.15) is 49.9 Å². The highest BCUT2D eigenvalue weighted by Gasteiger charge is 2.45. The van der Waals surface area contributed by atoms with Crippen molar-refractivity contribution >= 4 is 34.3 Å². The van der Waals surface area contributed by atoms with Crippen molar-refractivity contribution in [2.24, 2.45) is 0 Å². The Bertz CT molecular complexity index is 1630. The summed E-state index contributed by atoms with van der Waals surface area (Å²) >= 11 is 0. The molecule has 0 spiro atoms. The van der Waals surface area contributed by atoms with Gasteiger partial charge in [-0.05, 0) is 70.8 Å². The summed E-state index contributed by atoms with van der Waals surface area (Å²) in [6, 6.07) is 32.7. The van der Waals surface area contributed by atoms with Crippen molar-refractivity contribution in [3.8, 4) is 0 Å². The molecule has 0 fully saturated rings. The van der Waals surface area contributed by atoms with Crippen LogP contribution in [0.15, 0.2) is 110 Å². The Morgan fingerprint density at radius 1 is 0.579 bits per heavy atom. The van der Waals surface area contributed by atoms with Gasteiger partial charge in [-0.15, -0.1) is 0 Å². The number of pyridine rings is 2. The molecule has 4 heterocycles. The third kappa shape index (κ3) is 3.10. The Kier molecular flexibility index (Phi) is 4.80. The summed E-state index contributed by atoms with van der Waals surface area (Å²) in [6.07, 6.45) is 5.51. The maximum atomic E-state index is 4.71. The van der Waals surface area contributed by atoms with E-state index >= 15 is 0 Å². The fraction of sp³-hybridized carbons (Fsp3) is 0.176. The van der Waals surface area contributed by atoms with Crippen molar-refractivity contribution in [3.63, 3.8) is 0 Å². The van der Waals surface area contributed by atoms with E-state index in [9.17, 15) is 0 Å². The molecule has 3 aromatic carbocycles. The molecule has 38 heavy (non-hydrogen) atoms. The minimum absolute atomic E-state index is 0.0803. The molecule has 5 aromatic rings. The van der Waals surface area contributed by atoms with E-state index in [0.717, 1.165) is 17.2 Å². The van der Waals surface area contributed by atoms with Crippen LogP contribution in [0, 0.1) is 0 Å². The van der Waals surface area contributed by atoms with Gasteiger partial charge >= 0.3 is 0 Å². The number of benzene rings is 3. The van der Waals surface area contributed by atoms with Gasteiger partial charge in [0.15, 0.2) is 0 Å². The number of nitrogens with zero attached hydrogens (tertiary/aromatic N) is 4. The van der Waals surface area contributed by atoms with E-state index in [1.54, 1.807) is 0 Å². The van der Waals surface area contributed by atoms with Crippen LogP contribution in [-0.2, 0) is 10.8 Å². The Morgan fingerprint density at radius 3 is 1.97 bits per heavy atom. The second kappa shape index (κ2) is 8.03. The molecule has 0 bridgehead atoms. The van der Waals surface area contributed by atoms with Crippen LogP contribution in [0.2, 0.25) is 0 Å². The second-order valence-electron chi connectivity index (χ2n) is 11.2. The van der Waals surface area contributed by atoms with Crippen molar-refractivity contribution in [1.29, 1.82) is 0 Å². The molecule has 0 radical (unpaired) electrons. The van der Waals surface area contributed by atoms with E-state index in [2.05, 4.69) is 109 Å². The number of para-hydroxylation sites is 2. The minimum atomic E-state index is -0.191. The summed E-state index contributed by atoms with van der Waals surface area (Å²) in [6.45, 7) is 9.41. The van der Waals surface area contributed by atoms with E-state index in [-0.39, 0.29) is 10.8 Å². The number of rotatable bonds is 3. The molecule has 7 rings (SSSR count). The zero-order valence-electron chi connectivity index (χ0n) is 22.2. The molecular formula is C34H30N4. The average molecular weight is 495 g/mol. The highest BCUT2D eigenvalue weighted by molar-refractivity contribution is 5.93. The lowest BCUT2D eigenvalue weighted by atomic mass is 9.66. The summed E-state index contributed by atoms with van der Waals surface area (Å²) in [5, 5.41) is 0. The normalized spacial score (nSPS) is 15.7. The summed E-state index contributed by atoms with van der Waals surface area (Å²) < 4.78 is 0. The SMILES string of the molecule is CC1(C)c2ccccc2N2c3ccc(N(c4ccncc4)c4ccccn4)cc3C(C)(C)c3cccc1c32. The Balaban J connectivity index is 1.49. The number of hydrogen-bond donors (Lipinski definition) is 0. The molecule has 186 valence electrons. The third-order valence-corrected chi connectivity index (χ3v) is 8.38. The first-order valence-corrected chi connectivity index (χ1v) is 13.2. The van der Waals surface area contributed by atoms with Crippen LogP contribution in [0.25, 0.3) is 0 Å². The summed E-state index contributed by atoms with van der Waals surface area (Å²) in [4.78, 5) is 13.7. The largest absolute Gasteiger partial charge is 0.309 e. The molecule has 0 N–H and O–H groups in total. The fourth-order valence-corrected chi connectivity index (χ4v) is 6.40. The van der Waals surface area contributed by atoms with Gasteiger partial charge in [0.25, 0.3) is 0 Å². The molecule has 0 saturated carbocycles. The fourth-order valence-electron chi connectivity index (χ4n) is 6.40. The maximum Gasteiger partial charge on any atom is 0.137 e. The smallest absolute Gasteiger partial charge is 0.137 e. The van der Waals surface area contributed by atoms with Gasteiger partial charge in [0.2, 0.25) is 0 Å². The molecule has 2 aliphatic rings. The summed E-state index contributed by atoms with van der Waals surface area (Å²) in [5.41, 5.74) is 11.0. The predicted octanol–water partition coefficient (Wildman–Crippen LogP) is 8.69. The summed E-state index contributed by atoms with van der Waals surface area (Å²) in [7, 11) is 0. The van der Waals surface area contributed by atoms with Crippen molar-refractivity contribution in [3.05, 3.63) is 132 Å². The number of anilines is 6. The summed E-state index contributed by atoms with van der Waals surface area (Å²) in [5.74, 6) is 0.875. The van der Waals surface area contributed by atoms with Gasteiger partial charge in [-0.3, -0.25) is 9.88 Å². The topological polar surface area (TPSA) is 32.3 Å². The van der Waals surface area contributed by atoms with Crippen LogP contribution in [0.4, 0.5) is 34.3 Å². The molecule has 2 aliphatic heterocycles. The first-order chi connectivity index (χ1) is 18.4. The van der Waals surface area contributed by atoms with Crippen molar-refractivity contribution in [2.45, 2.75) is 38.5 Å². The number of fused-ring (bicyclic) bond motifs is 4. The first kappa shape index (κ1) is 22.7. The Labute approximate surface area is 224 Å². The van der Waals surface area contributed by atoms with Gasteiger partial charge in [-0.1, -0.05) is 70.2 Å². The molecule has 2 aromatic heterocycles. The molecule has 0 unspecified atom stereocenters. The third-order valence-electron chi connectivity index (χ3n) is 8.38. The Hall–Kier alpha value is -4.44. The molecule has 4 heteroatoms. The Morgan fingerprint density at radius 2 is 1.24 bits per heavy atom. The van der Waals surface area contributed by atoms with Crippen LogP contribution in [0.3, 0.4) is 0 Å². The lowest BCUT2D eigenvalue weighted by molar-refractivity contribution is 0.597. The minimum Gasteiger partial charge on any atom is -0.309 e.